The molecule has 3 atom stereocenters. The molecule has 0 aromatic heterocycles. The molecule has 2 heterocycles. The van der Waals surface area contributed by atoms with E-state index in [1.165, 1.54) is 5.56 Å². The van der Waals surface area contributed by atoms with E-state index in [0.717, 1.165) is 54.8 Å². The highest BCUT2D eigenvalue weighted by Gasteiger charge is 2.47. The van der Waals surface area contributed by atoms with Gasteiger partial charge >= 0.3 is 0 Å². The minimum Gasteiger partial charge on any atom is -0.497 e. The number of ether oxygens (including phenoxy) is 1. The number of fused-ring (bicyclic) bond motifs is 3. The number of amides is 1. The maximum absolute atomic E-state index is 13.2. The number of carbonyl (C=O) groups is 1. The quantitative estimate of drug-likeness (QED) is 0.830. The van der Waals surface area contributed by atoms with Crippen LogP contribution < -0.4 is 10.1 Å². The second-order valence-electron chi connectivity index (χ2n) is 8.52. The van der Waals surface area contributed by atoms with Crippen LogP contribution in [0.4, 0.5) is 5.69 Å². The number of nitrogens with one attached hydrogen (secondary N) is 1. The van der Waals surface area contributed by atoms with Crippen molar-refractivity contribution >= 4 is 11.6 Å². The number of rotatable bonds is 4. The molecule has 2 aliphatic heterocycles. The molecule has 0 radical (unpaired) electrons. The van der Waals surface area contributed by atoms with E-state index in [0.29, 0.717) is 5.91 Å². The Kier molecular flexibility index (Phi) is 4.70. The summed E-state index contributed by atoms with van der Waals surface area (Å²) in [7, 11) is 1.68. The standard InChI is InChI=1S/C24H28N2O3/c1-29-18-7-3-6-16(12-18)17-8-9-21-20(13-17)23-19(22(14-27)25-21)10-11-26(23)24(28)15-4-2-5-15/h3,6-9,12-13,15,19,22-23,25,27H,2,4-5,10-11,14H2,1H3/t19-,22+,23-/m0/s1. The first kappa shape index (κ1) is 18.5. The Morgan fingerprint density at radius 2 is 2.00 bits per heavy atom. The lowest BCUT2D eigenvalue weighted by atomic mass is 9.80. The number of hydrogen-bond acceptors (Lipinski definition) is 4. The first-order valence-corrected chi connectivity index (χ1v) is 10.7. The summed E-state index contributed by atoms with van der Waals surface area (Å²) in [5, 5.41) is 13.5. The number of methoxy groups -OCH3 is 1. The largest absolute Gasteiger partial charge is 0.497 e. The number of anilines is 1. The summed E-state index contributed by atoms with van der Waals surface area (Å²) >= 11 is 0. The van der Waals surface area contributed by atoms with E-state index in [2.05, 4.69) is 34.5 Å². The first-order chi connectivity index (χ1) is 14.2. The van der Waals surface area contributed by atoms with Gasteiger partial charge in [-0.3, -0.25) is 4.79 Å². The van der Waals surface area contributed by atoms with Gasteiger partial charge in [0.2, 0.25) is 5.91 Å². The van der Waals surface area contributed by atoms with Gasteiger partial charge in [-0.15, -0.1) is 0 Å². The average Bonchev–Trinajstić information content (AvgIpc) is 3.17. The number of benzene rings is 2. The van der Waals surface area contributed by atoms with Crippen molar-refractivity contribution < 1.29 is 14.6 Å². The second-order valence-corrected chi connectivity index (χ2v) is 8.52. The van der Waals surface area contributed by atoms with Crippen molar-refractivity contribution in [3.05, 3.63) is 48.0 Å². The lowest BCUT2D eigenvalue weighted by Crippen LogP contribution is -2.45. The molecule has 0 bridgehead atoms. The van der Waals surface area contributed by atoms with E-state index in [9.17, 15) is 9.90 Å². The zero-order chi connectivity index (χ0) is 20.0. The zero-order valence-corrected chi connectivity index (χ0v) is 16.8. The summed E-state index contributed by atoms with van der Waals surface area (Å²) in [6, 6.07) is 14.5. The Bertz CT molecular complexity index is 924. The number of aliphatic hydroxyl groups excluding tert-OH is 1. The smallest absolute Gasteiger partial charge is 0.226 e. The summed E-state index contributed by atoms with van der Waals surface area (Å²) in [6.45, 7) is 0.870. The molecule has 29 heavy (non-hydrogen) atoms. The molecule has 1 saturated carbocycles. The topological polar surface area (TPSA) is 61.8 Å². The van der Waals surface area contributed by atoms with Crippen molar-refractivity contribution in [1.82, 2.24) is 4.90 Å². The molecule has 0 spiro atoms. The van der Waals surface area contributed by atoms with Gasteiger partial charge in [0.15, 0.2) is 0 Å². The third kappa shape index (κ3) is 3.08. The van der Waals surface area contributed by atoms with E-state index in [1.54, 1.807) is 7.11 Å². The number of aliphatic hydroxyl groups is 1. The molecule has 1 amide bonds. The molecule has 0 unspecified atom stereocenters. The van der Waals surface area contributed by atoms with E-state index in [1.807, 2.05) is 18.2 Å². The molecular weight excluding hydrogens is 364 g/mol. The van der Waals surface area contributed by atoms with Crippen LogP contribution in [-0.2, 0) is 4.79 Å². The van der Waals surface area contributed by atoms with Crippen LogP contribution in [0.15, 0.2) is 42.5 Å². The fraction of sp³-hybridized carbons (Fsp3) is 0.458. The molecule has 2 N–H and O–H groups in total. The van der Waals surface area contributed by atoms with Crippen molar-refractivity contribution in [2.75, 3.05) is 25.6 Å². The Labute approximate surface area is 171 Å². The normalized spacial score (nSPS) is 25.6. The van der Waals surface area contributed by atoms with Gasteiger partial charge in [-0.05, 0) is 60.2 Å². The van der Waals surface area contributed by atoms with Crippen LogP contribution in [0.2, 0.25) is 0 Å². The van der Waals surface area contributed by atoms with Crippen LogP contribution in [-0.4, -0.2) is 42.2 Å². The van der Waals surface area contributed by atoms with Crippen LogP contribution in [0, 0.1) is 11.8 Å². The summed E-state index contributed by atoms with van der Waals surface area (Å²) in [6.07, 6.45) is 4.14. The Morgan fingerprint density at radius 3 is 2.72 bits per heavy atom. The van der Waals surface area contributed by atoms with Gasteiger partial charge in [0, 0.05) is 24.1 Å². The number of likely N-dealkylation sites (tertiary alicyclic amines) is 1. The summed E-state index contributed by atoms with van der Waals surface area (Å²) in [4.78, 5) is 15.3. The molecular formula is C24H28N2O3. The molecule has 1 saturated heterocycles. The Morgan fingerprint density at radius 1 is 1.17 bits per heavy atom. The molecule has 2 fully saturated rings. The van der Waals surface area contributed by atoms with Crippen LogP contribution >= 0.6 is 0 Å². The molecule has 3 aliphatic rings. The minimum atomic E-state index is -0.00522. The molecule has 5 heteroatoms. The van der Waals surface area contributed by atoms with Crippen molar-refractivity contribution in [2.24, 2.45) is 11.8 Å². The predicted molar refractivity (Wildman–Crippen MR) is 113 cm³/mol. The van der Waals surface area contributed by atoms with Crippen LogP contribution in [0.25, 0.3) is 11.1 Å². The lowest BCUT2D eigenvalue weighted by Gasteiger charge is -2.41. The van der Waals surface area contributed by atoms with E-state index >= 15 is 0 Å². The third-order valence-corrected chi connectivity index (χ3v) is 7.01. The Balaban J connectivity index is 1.55. The highest BCUT2D eigenvalue weighted by molar-refractivity contribution is 5.81. The Hall–Kier alpha value is -2.53. The molecule has 5 rings (SSSR count). The van der Waals surface area contributed by atoms with Crippen LogP contribution in [0.1, 0.15) is 37.3 Å². The third-order valence-electron chi connectivity index (χ3n) is 7.01. The van der Waals surface area contributed by atoms with Gasteiger partial charge in [0.1, 0.15) is 5.75 Å². The first-order valence-electron chi connectivity index (χ1n) is 10.7. The predicted octanol–water partition coefficient (Wildman–Crippen LogP) is 3.84. The van der Waals surface area contributed by atoms with Crippen molar-refractivity contribution in [1.29, 1.82) is 0 Å². The van der Waals surface area contributed by atoms with Crippen molar-refractivity contribution in [3.8, 4) is 16.9 Å². The summed E-state index contributed by atoms with van der Waals surface area (Å²) < 4.78 is 5.39. The van der Waals surface area contributed by atoms with Gasteiger partial charge in [0.05, 0.1) is 25.8 Å². The van der Waals surface area contributed by atoms with Gasteiger partial charge in [-0.1, -0.05) is 24.6 Å². The van der Waals surface area contributed by atoms with Crippen molar-refractivity contribution in [2.45, 2.75) is 37.8 Å². The highest BCUT2D eigenvalue weighted by atomic mass is 16.5. The maximum atomic E-state index is 13.2. The summed E-state index contributed by atoms with van der Waals surface area (Å²) in [5.74, 6) is 1.58. The minimum absolute atomic E-state index is 0.00522. The highest BCUT2D eigenvalue weighted by Crippen LogP contribution is 2.48. The van der Waals surface area contributed by atoms with Crippen LogP contribution in [0.5, 0.6) is 5.75 Å². The van der Waals surface area contributed by atoms with Gasteiger partial charge in [-0.2, -0.15) is 0 Å². The molecule has 2 aromatic rings. The fourth-order valence-corrected chi connectivity index (χ4v) is 5.18. The monoisotopic (exact) mass is 392 g/mol. The number of hydrogen-bond donors (Lipinski definition) is 2. The molecule has 152 valence electrons. The van der Waals surface area contributed by atoms with Gasteiger partial charge < -0.3 is 20.1 Å². The molecule has 5 nitrogen and oxygen atoms in total. The maximum Gasteiger partial charge on any atom is 0.226 e. The zero-order valence-electron chi connectivity index (χ0n) is 16.8. The van der Waals surface area contributed by atoms with Crippen LogP contribution in [0.3, 0.4) is 0 Å². The number of carbonyl (C=O) groups excluding carboxylic acids is 1. The molecule has 1 aliphatic carbocycles. The molecule has 2 aromatic carbocycles. The van der Waals surface area contributed by atoms with E-state index in [-0.39, 0.29) is 30.5 Å². The van der Waals surface area contributed by atoms with E-state index < -0.39 is 0 Å². The van der Waals surface area contributed by atoms with Gasteiger partial charge in [-0.25, -0.2) is 0 Å². The van der Waals surface area contributed by atoms with Crippen molar-refractivity contribution in [3.63, 3.8) is 0 Å². The van der Waals surface area contributed by atoms with E-state index in [4.69, 9.17) is 4.74 Å². The number of nitrogens with zero attached hydrogens (tertiary/aromatic N) is 1. The second kappa shape index (κ2) is 7.38. The van der Waals surface area contributed by atoms with Gasteiger partial charge in [0.25, 0.3) is 0 Å². The average molecular weight is 392 g/mol. The fourth-order valence-electron chi connectivity index (χ4n) is 5.18. The lowest BCUT2D eigenvalue weighted by molar-refractivity contribution is -0.139. The summed E-state index contributed by atoms with van der Waals surface area (Å²) in [5.41, 5.74) is 4.42. The SMILES string of the molecule is COc1cccc(-c2ccc3c(c2)[C@@H]2[C@@H](CCN2C(=O)C2CCC2)[C@@H](CO)N3)c1.